The summed E-state index contributed by atoms with van der Waals surface area (Å²) < 4.78 is 10.5. The molecule has 2 aromatic rings. The van der Waals surface area contributed by atoms with Crippen molar-refractivity contribution in [3.05, 3.63) is 23.8 Å². The van der Waals surface area contributed by atoms with Gasteiger partial charge in [0.2, 0.25) is 23.8 Å². The molecule has 1 atom stereocenters. The molecule has 0 saturated heterocycles. The maximum absolute atomic E-state index is 12.1. The number of nitrogens with two attached hydrogens (primary N) is 1. The van der Waals surface area contributed by atoms with Gasteiger partial charge in [-0.1, -0.05) is 17.8 Å². The number of thioether (sulfide) groups is 1. The molecular weight excluding hydrogens is 306 g/mol. The topological polar surface area (TPSA) is 115 Å². The number of rotatable bonds is 5. The molecule has 0 aliphatic carbocycles. The molecule has 1 aromatic heterocycles. The molecule has 0 unspecified atom stereocenters. The van der Waals surface area contributed by atoms with Gasteiger partial charge in [0.25, 0.3) is 0 Å². The van der Waals surface area contributed by atoms with E-state index in [1.54, 1.807) is 6.92 Å². The molecule has 0 radical (unpaired) electrons. The minimum absolute atomic E-state index is 0.106. The minimum atomic E-state index is -0.329. The zero-order valence-corrected chi connectivity index (χ0v) is 12.6. The standard InChI is InChI=1S/C13H15N5O3S/c1-7(22-13-16-12(14)17-18-13)11(19)15-5-8-2-3-9-10(4-8)21-6-20-9/h2-4,7H,5-6H2,1H3,(H,15,19)(H3,14,16,17,18)/t7-/m1/s1. The maximum Gasteiger partial charge on any atom is 0.233 e. The second-order valence-electron chi connectivity index (χ2n) is 4.67. The highest BCUT2D eigenvalue weighted by Gasteiger charge is 2.17. The van der Waals surface area contributed by atoms with Crippen molar-refractivity contribution in [3.63, 3.8) is 0 Å². The van der Waals surface area contributed by atoms with Crippen LogP contribution in [-0.2, 0) is 11.3 Å². The van der Waals surface area contributed by atoms with Crippen LogP contribution in [-0.4, -0.2) is 33.1 Å². The Morgan fingerprint density at radius 1 is 1.50 bits per heavy atom. The first-order chi connectivity index (χ1) is 10.6. The van der Waals surface area contributed by atoms with E-state index < -0.39 is 0 Å². The zero-order valence-electron chi connectivity index (χ0n) is 11.8. The predicted octanol–water partition coefficient (Wildman–Crippen LogP) is 0.913. The second kappa shape index (κ2) is 6.14. The van der Waals surface area contributed by atoms with Crippen molar-refractivity contribution in [2.75, 3.05) is 12.5 Å². The van der Waals surface area contributed by atoms with E-state index in [-0.39, 0.29) is 23.9 Å². The Balaban J connectivity index is 1.53. The molecule has 0 saturated carbocycles. The second-order valence-corrected chi connectivity index (χ2v) is 5.98. The number of aromatic nitrogens is 3. The normalized spacial score (nSPS) is 13.9. The van der Waals surface area contributed by atoms with Crippen molar-refractivity contribution in [1.29, 1.82) is 0 Å². The zero-order chi connectivity index (χ0) is 15.5. The van der Waals surface area contributed by atoms with E-state index in [0.717, 1.165) is 11.3 Å². The first kappa shape index (κ1) is 14.5. The lowest BCUT2D eigenvalue weighted by atomic mass is 10.2. The number of benzene rings is 1. The number of nitrogens with zero attached hydrogens (tertiary/aromatic N) is 2. The Hall–Kier alpha value is -2.42. The number of hydrogen-bond acceptors (Lipinski definition) is 7. The van der Waals surface area contributed by atoms with Crippen molar-refractivity contribution in [2.24, 2.45) is 0 Å². The molecule has 1 aliphatic rings. The number of amides is 1. The van der Waals surface area contributed by atoms with Crippen molar-refractivity contribution in [1.82, 2.24) is 20.5 Å². The third-order valence-electron chi connectivity index (χ3n) is 3.04. The first-order valence-corrected chi connectivity index (χ1v) is 7.50. The van der Waals surface area contributed by atoms with Gasteiger partial charge in [-0.3, -0.25) is 4.79 Å². The quantitative estimate of drug-likeness (QED) is 0.701. The Morgan fingerprint density at radius 2 is 2.32 bits per heavy atom. The maximum atomic E-state index is 12.1. The minimum Gasteiger partial charge on any atom is -0.454 e. The van der Waals surface area contributed by atoms with Crippen LogP contribution in [0.1, 0.15) is 12.5 Å². The molecule has 4 N–H and O–H groups in total. The van der Waals surface area contributed by atoms with Crippen LogP contribution >= 0.6 is 11.8 Å². The number of carbonyl (C=O) groups excluding carboxylic acids is 1. The third-order valence-corrected chi connectivity index (χ3v) is 4.00. The van der Waals surface area contributed by atoms with Gasteiger partial charge in [0, 0.05) is 6.54 Å². The number of nitrogens with one attached hydrogen (secondary N) is 2. The third kappa shape index (κ3) is 3.25. The van der Waals surface area contributed by atoms with E-state index in [0.29, 0.717) is 17.5 Å². The van der Waals surface area contributed by atoms with Crippen molar-refractivity contribution in [2.45, 2.75) is 23.9 Å². The fourth-order valence-electron chi connectivity index (χ4n) is 1.91. The van der Waals surface area contributed by atoms with Gasteiger partial charge in [-0.15, -0.1) is 5.10 Å². The molecule has 0 bridgehead atoms. The molecule has 3 rings (SSSR count). The molecule has 22 heavy (non-hydrogen) atoms. The van der Waals surface area contributed by atoms with Crippen LogP contribution in [0, 0.1) is 0 Å². The lowest BCUT2D eigenvalue weighted by molar-refractivity contribution is -0.120. The highest BCUT2D eigenvalue weighted by atomic mass is 32.2. The fourth-order valence-corrected chi connectivity index (χ4v) is 2.66. The lowest BCUT2D eigenvalue weighted by Gasteiger charge is -2.10. The van der Waals surface area contributed by atoms with Gasteiger partial charge in [-0.05, 0) is 24.6 Å². The van der Waals surface area contributed by atoms with E-state index in [1.807, 2.05) is 18.2 Å². The summed E-state index contributed by atoms with van der Waals surface area (Å²) in [7, 11) is 0. The largest absolute Gasteiger partial charge is 0.454 e. The molecular formula is C13H15N5O3S. The summed E-state index contributed by atoms with van der Waals surface area (Å²) in [6, 6.07) is 5.58. The van der Waals surface area contributed by atoms with Gasteiger partial charge in [0.05, 0.1) is 5.25 Å². The Morgan fingerprint density at radius 3 is 3.09 bits per heavy atom. The lowest BCUT2D eigenvalue weighted by Crippen LogP contribution is -2.30. The summed E-state index contributed by atoms with van der Waals surface area (Å²) in [5.41, 5.74) is 6.39. The number of hydrogen-bond donors (Lipinski definition) is 3. The smallest absolute Gasteiger partial charge is 0.233 e. The van der Waals surface area contributed by atoms with E-state index in [2.05, 4.69) is 20.5 Å². The Labute approximate surface area is 130 Å². The molecule has 8 nitrogen and oxygen atoms in total. The monoisotopic (exact) mass is 321 g/mol. The van der Waals surface area contributed by atoms with Crippen molar-refractivity contribution >= 4 is 23.6 Å². The SMILES string of the molecule is C[C@@H](Sc1n[nH]c(N)n1)C(=O)NCc1ccc2c(c1)OCO2. The van der Waals surface area contributed by atoms with E-state index in [4.69, 9.17) is 15.2 Å². The molecule has 0 fully saturated rings. The van der Waals surface area contributed by atoms with Crippen molar-refractivity contribution in [3.8, 4) is 11.5 Å². The average Bonchev–Trinajstić information content (AvgIpc) is 3.12. The van der Waals surface area contributed by atoms with E-state index in [1.165, 1.54) is 11.8 Å². The highest BCUT2D eigenvalue weighted by Crippen LogP contribution is 2.32. The van der Waals surface area contributed by atoms with Crippen LogP contribution in [0.15, 0.2) is 23.4 Å². The van der Waals surface area contributed by atoms with Gasteiger partial charge in [0.15, 0.2) is 11.5 Å². The fraction of sp³-hybridized carbons (Fsp3) is 0.308. The van der Waals surface area contributed by atoms with Gasteiger partial charge < -0.3 is 20.5 Å². The number of H-pyrrole nitrogens is 1. The summed E-state index contributed by atoms with van der Waals surface area (Å²) in [6.45, 7) is 2.43. The van der Waals surface area contributed by atoms with Crippen LogP contribution in [0.3, 0.4) is 0 Å². The molecule has 1 aromatic carbocycles. The number of aromatic amines is 1. The number of fused-ring (bicyclic) bond motifs is 1. The Kier molecular flexibility index (Phi) is 4.05. The summed E-state index contributed by atoms with van der Waals surface area (Å²) in [6.07, 6.45) is 0. The molecule has 116 valence electrons. The summed E-state index contributed by atoms with van der Waals surface area (Å²) >= 11 is 1.24. The number of carbonyl (C=O) groups is 1. The van der Waals surface area contributed by atoms with Crippen LogP contribution < -0.4 is 20.5 Å². The summed E-state index contributed by atoms with van der Waals surface area (Å²) in [5, 5.41) is 9.40. The molecule has 0 spiro atoms. The molecule has 9 heteroatoms. The van der Waals surface area contributed by atoms with E-state index in [9.17, 15) is 4.79 Å². The van der Waals surface area contributed by atoms with Crippen LogP contribution in [0.2, 0.25) is 0 Å². The summed E-state index contributed by atoms with van der Waals surface area (Å²) in [4.78, 5) is 16.0. The van der Waals surface area contributed by atoms with Gasteiger partial charge >= 0.3 is 0 Å². The van der Waals surface area contributed by atoms with Gasteiger partial charge in [0.1, 0.15) is 0 Å². The predicted molar refractivity (Wildman–Crippen MR) is 80.5 cm³/mol. The van der Waals surface area contributed by atoms with Crippen LogP contribution in [0.4, 0.5) is 5.95 Å². The summed E-state index contributed by atoms with van der Waals surface area (Å²) in [5.74, 6) is 1.55. The Bertz CT molecular complexity index is 690. The molecule has 2 heterocycles. The first-order valence-electron chi connectivity index (χ1n) is 6.62. The highest BCUT2D eigenvalue weighted by molar-refractivity contribution is 8.00. The molecule has 1 aliphatic heterocycles. The number of nitrogen functional groups attached to an aromatic ring is 1. The van der Waals surface area contributed by atoms with Crippen LogP contribution in [0.25, 0.3) is 0 Å². The van der Waals surface area contributed by atoms with Gasteiger partial charge in [-0.25, -0.2) is 5.10 Å². The molecule has 1 amide bonds. The van der Waals surface area contributed by atoms with Crippen molar-refractivity contribution < 1.29 is 14.3 Å². The van der Waals surface area contributed by atoms with Gasteiger partial charge in [-0.2, -0.15) is 4.98 Å². The van der Waals surface area contributed by atoms with E-state index >= 15 is 0 Å². The average molecular weight is 321 g/mol. The number of ether oxygens (including phenoxy) is 2. The van der Waals surface area contributed by atoms with Crippen LogP contribution in [0.5, 0.6) is 11.5 Å². The number of anilines is 1.